The number of ether oxygens (including phenoxy) is 2. The molecule has 176 valence electrons. The Bertz CT molecular complexity index is 1530. The van der Waals surface area contributed by atoms with Gasteiger partial charge < -0.3 is 24.7 Å². The van der Waals surface area contributed by atoms with Gasteiger partial charge in [-0.25, -0.2) is 4.98 Å². The standard InChI is InChI=1S/C28H27N5O2/c1-3-29-28-31-24-7-4-19(15-25(24)32-28)18-5-9-27-20(14-18)17-33(12-13-35-27)26-10-11-30-23-8-6-21(34-2)16-22(23)26/h4-11,14-16H,3,12-13,17H2,1-2H3,(H2,29,31,32). The minimum Gasteiger partial charge on any atom is -0.497 e. The molecule has 0 radical (unpaired) electrons. The average molecular weight is 466 g/mol. The zero-order valence-corrected chi connectivity index (χ0v) is 19.8. The number of methoxy groups -OCH3 is 1. The van der Waals surface area contributed by atoms with E-state index in [0.717, 1.165) is 81.4 Å². The molecule has 5 aromatic rings. The van der Waals surface area contributed by atoms with Gasteiger partial charge in [0.2, 0.25) is 5.95 Å². The second-order valence-electron chi connectivity index (χ2n) is 8.65. The number of hydrogen-bond donors (Lipinski definition) is 2. The Morgan fingerprint density at radius 1 is 1.03 bits per heavy atom. The third-order valence-corrected chi connectivity index (χ3v) is 6.47. The van der Waals surface area contributed by atoms with Crippen LogP contribution in [0.2, 0.25) is 0 Å². The predicted molar refractivity (Wildman–Crippen MR) is 141 cm³/mol. The molecule has 3 heterocycles. The summed E-state index contributed by atoms with van der Waals surface area (Å²) in [5.74, 6) is 2.56. The van der Waals surface area contributed by atoms with Crippen molar-refractivity contribution in [3.8, 4) is 22.6 Å². The first-order valence-electron chi connectivity index (χ1n) is 11.9. The Labute approximate surface area is 203 Å². The summed E-state index contributed by atoms with van der Waals surface area (Å²) in [6.07, 6.45) is 1.87. The van der Waals surface area contributed by atoms with Crippen LogP contribution in [0.4, 0.5) is 11.6 Å². The van der Waals surface area contributed by atoms with Crippen molar-refractivity contribution in [2.24, 2.45) is 0 Å². The van der Waals surface area contributed by atoms with Crippen molar-refractivity contribution in [3.63, 3.8) is 0 Å². The molecule has 7 heteroatoms. The number of aromatic nitrogens is 3. The van der Waals surface area contributed by atoms with Crippen LogP contribution in [0, 0.1) is 0 Å². The van der Waals surface area contributed by atoms with Gasteiger partial charge in [0.1, 0.15) is 18.1 Å². The molecule has 1 aliphatic heterocycles. The zero-order valence-electron chi connectivity index (χ0n) is 19.8. The lowest BCUT2D eigenvalue weighted by Gasteiger charge is -2.24. The number of pyridine rings is 1. The van der Waals surface area contributed by atoms with E-state index < -0.39 is 0 Å². The highest BCUT2D eigenvalue weighted by Crippen LogP contribution is 2.35. The van der Waals surface area contributed by atoms with E-state index in [1.807, 2.05) is 18.3 Å². The molecule has 0 unspecified atom stereocenters. The Morgan fingerprint density at radius 2 is 1.89 bits per heavy atom. The fourth-order valence-corrected chi connectivity index (χ4v) is 4.73. The smallest absolute Gasteiger partial charge is 0.201 e. The monoisotopic (exact) mass is 465 g/mol. The minimum absolute atomic E-state index is 0.618. The predicted octanol–water partition coefficient (Wildman–Crippen LogP) is 5.62. The summed E-state index contributed by atoms with van der Waals surface area (Å²) in [6, 6.07) is 20.9. The lowest BCUT2D eigenvalue weighted by Crippen LogP contribution is -2.25. The van der Waals surface area contributed by atoms with Crippen molar-refractivity contribution >= 4 is 33.6 Å². The fraction of sp³-hybridized carbons (Fsp3) is 0.214. The van der Waals surface area contributed by atoms with Crippen molar-refractivity contribution in [1.82, 2.24) is 15.0 Å². The third kappa shape index (κ3) is 3.99. The number of nitrogens with one attached hydrogen (secondary N) is 2. The van der Waals surface area contributed by atoms with E-state index in [0.29, 0.717) is 6.61 Å². The number of benzene rings is 3. The van der Waals surface area contributed by atoms with E-state index in [9.17, 15) is 0 Å². The highest BCUT2D eigenvalue weighted by atomic mass is 16.5. The van der Waals surface area contributed by atoms with Crippen LogP contribution in [0.5, 0.6) is 11.5 Å². The topological polar surface area (TPSA) is 75.3 Å². The molecule has 0 spiro atoms. The van der Waals surface area contributed by atoms with Gasteiger partial charge in [0.05, 0.1) is 30.2 Å². The van der Waals surface area contributed by atoms with Gasteiger partial charge in [-0.1, -0.05) is 12.1 Å². The van der Waals surface area contributed by atoms with E-state index in [-0.39, 0.29) is 0 Å². The Balaban J connectivity index is 1.36. The van der Waals surface area contributed by atoms with Crippen LogP contribution in [0.25, 0.3) is 33.1 Å². The summed E-state index contributed by atoms with van der Waals surface area (Å²) in [5.41, 5.74) is 7.50. The van der Waals surface area contributed by atoms with Crippen LogP contribution in [0.1, 0.15) is 12.5 Å². The molecule has 7 nitrogen and oxygen atoms in total. The normalized spacial score (nSPS) is 13.4. The van der Waals surface area contributed by atoms with Gasteiger partial charge in [0.25, 0.3) is 0 Å². The molecule has 35 heavy (non-hydrogen) atoms. The van der Waals surface area contributed by atoms with Gasteiger partial charge in [-0.05, 0) is 66.6 Å². The average Bonchev–Trinajstić information content (AvgIpc) is 3.17. The minimum atomic E-state index is 0.618. The van der Waals surface area contributed by atoms with Gasteiger partial charge >= 0.3 is 0 Å². The van der Waals surface area contributed by atoms with E-state index in [1.165, 1.54) is 0 Å². The number of imidazole rings is 1. The first-order valence-corrected chi connectivity index (χ1v) is 11.9. The SMILES string of the molecule is CCNc1nc2ccc(-c3ccc4c(c3)CN(c3ccnc5ccc(OC)cc35)CCO4)cc2[nH]1. The Hall–Kier alpha value is -4.26. The van der Waals surface area contributed by atoms with Gasteiger partial charge in [0.15, 0.2) is 0 Å². The third-order valence-electron chi connectivity index (χ3n) is 6.47. The van der Waals surface area contributed by atoms with E-state index in [2.05, 4.69) is 80.6 Å². The summed E-state index contributed by atoms with van der Waals surface area (Å²) in [7, 11) is 1.69. The second kappa shape index (κ2) is 8.83. The molecule has 1 aliphatic rings. The molecule has 2 N–H and O–H groups in total. The number of H-pyrrole nitrogens is 1. The number of rotatable bonds is 5. The van der Waals surface area contributed by atoms with Crippen molar-refractivity contribution in [1.29, 1.82) is 0 Å². The summed E-state index contributed by atoms with van der Waals surface area (Å²) in [5, 5.41) is 4.32. The van der Waals surface area contributed by atoms with Crippen LogP contribution < -0.4 is 19.7 Å². The summed E-state index contributed by atoms with van der Waals surface area (Å²) < 4.78 is 11.6. The van der Waals surface area contributed by atoms with Crippen molar-refractivity contribution in [2.75, 3.05) is 37.0 Å². The molecular weight excluding hydrogens is 438 g/mol. The molecule has 2 aromatic heterocycles. The highest BCUT2D eigenvalue weighted by molar-refractivity contribution is 5.92. The van der Waals surface area contributed by atoms with Crippen LogP contribution >= 0.6 is 0 Å². The van der Waals surface area contributed by atoms with Gasteiger partial charge in [-0.15, -0.1) is 0 Å². The Morgan fingerprint density at radius 3 is 2.77 bits per heavy atom. The molecule has 0 saturated heterocycles. The van der Waals surface area contributed by atoms with Crippen molar-refractivity contribution < 1.29 is 9.47 Å². The number of nitrogens with zero attached hydrogens (tertiary/aromatic N) is 3. The zero-order chi connectivity index (χ0) is 23.8. The molecule has 0 saturated carbocycles. The van der Waals surface area contributed by atoms with Crippen LogP contribution in [0.3, 0.4) is 0 Å². The van der Waals surface area contributed by atoms with Gasteiger partial charge in [-0.3, -0.25) is 4.98 Å². The molecule has 0 bridgehead atoms. The highest BCUT2D eigenvalue weighted by Gasteiger charge is 2.19. The maximum atomic E-state index is 6.14. The van der Waals surface area contributed by atoms with Crippen LogP contribution in [-0.4, -0.2) is 41.8 Å². The quantitative estimate of drug-likeness (QED) is 0.351. The number of aromatic amines is 1. The second-order valence-corrected chi connectivity index (χ2v) is 8.65. The summed E-state index contributed by atoms with van der Waals surface area (Å²) in [6.45, 7) is 5.04. The Kier molecular flexibility index (Phi) is 5.37. The number of hydrogen-bond acceptors (Lipinski definition) is 6. The largest absolute Gasteiger partial charge is 0.497 e. The van der Waals surface area contributed by atoms with Crippen LogP contribution in [0.15, 0.2) is 66.9 Å². The first kappa shape index (κ1) is 21.3. The van der Waals surface area contributed by atoms with E-state index in [4.69, 9.17) is 9.47 Å². The molecule has 3 aromatic carbocycles. The number of fused-ring (bicyclic) bond motifs is 3. The van der Waals surface area contributed by atoms with Gasteiger partial charge in [0, 0.05) is 35.9 Å². The fourth-order valence-electron chi connectivity index (χ4n) is 4.73. The summed E-state index contributed by atoms with van der Waals surface area (Å²) >= 11 is 0. The maximum absolute atomic E-state index is 6.14. The van der Waals surface area contributed by atoms with Gasteiger partial charge in [-0.2, -0.15) is 0 Å². The summed E-state index contributed by atoms with van der Waals surface area (Å²) in [4.78, 5) is 14.9. The molecule has 0 amide bonds. The molecule has 0 fully saturated rings. The van der Waals surface area contributed by atoms with Crippen molar-refractivity contribution in [3.05, 3.63) is 72.4 Å². The first-order chi connectivity index (χ1) is 17.2. The molecule has 0 aliphatic carbocycles. The lowest BCUT2D eigenvalue weighted by atomic mass is 10.0. The maximum Gasteiger partial charge on any atom is 0.201 e. The molecule has 0 atom stereocenters. The van der Waals surface area contributed by atoms with E-state index >= 15 is 0 Å². The lowest BCUT2D eigenvalue weighted by molar-refractivity contribution is 0.332. The molecular formula is C28H27N5O2. The molecule has 6 rings (SSSR count). The van der Waals surface area contributed by atoms with E-state index in [1.54, 1.807) is 7.11 Å². The number of anilines is 2. The van der Waals surface area contributed by atoms with Crippen LogP contribution in [-0.2, 0) is 6.54 Å². The van der Waals surface area contributed by atoms with Crippen molar-refractivity contribution in [2.45, 2.75) is 13.5 Å².